The van der Waals surface area contributed by atoms with Gasteiger partial charge in [-0.15, -0.1) is 0 Å². The Morgan fingerprint density at radius 2 is 1.70 bits per heavy atom. The summed E-state index contributed by atoms with van der Waals surface area (Å²) in [6, 6.07) is 9.08. The number of nitrogens with one attached hydrogen (secondary N) is 2. The fourth-order valence-corrected chi connectivity index (χ4v) is 4.67. The second-order valence-corrected chi connectivity index (χ2v) is 8.45. The van der Waals surface area contributed by atoms with Gasteiger partial charge in [-0.2, -0.15) is 18.6 Å². The van der Waals surface area contributed by atoms with E-state index >= 15 is 0 Å². The molecule has 1 heterocycles. The first-order valence-electron chi connectivity index (χ1n) is 9.15. The molecule has 0 spiro atoms. The first-order valence-corrected chi connectivity index (χ1v) is 10.6. The molecule has 8 nitrogen and oxygen atoms in total. The summed E-state index contributed by atoms with van der Waals surface area (Å²) in [4.78, 5) is 2.52. The van der Waals surface area contributed by atoms with Crippen LogP contribution < -0.4 is 14.3 Å². The summed E-state index contributed by atoms with van der Waals surface area (Å²) < 4.78 is 36.1. The molecular weight excluding hydrogens is 404 g/mol. The second kappa shape index (κ2) is 8.58. The summed E-state index contributed by atoms with van der Waals surface area (Å²) in [5, 5.41) is 10.9. The lowest BCUT2D eigenvalue weighted by atomic mass is 10.1. The molecule has 2 aromatic carbocycles. The molecule has 0 aliphatic carbocycles. The molecule has 0 fully saturated rings. The summed E-state index contributed by atoms with van der Waals surface area (Å²) in [6.07, 6.45) is 2.97. The highest BCUT2D eigenvalue weighted by Crippen LogP contribution is 2.32. The van der Waals surface area contributed by atoms with Gasteiger partial charge in [0.1, 0.15) is 0 Å². The lowest BCUT2D eigenvalue weighted by molar-refractivity contribution is 0.355. The van der Waals surface area contributed by atoms with Crippen LogP contribution in [0.2, 0.25) is 0 Å². The number of hydrogen-bond acceptors (Lipinski definition) is 6. The quantitative estimate of drug-likeness (QED) is 0.444. The molecule has 9 heteroatoms. The Kier molecular flexibility index (Phi) is 6.12. The number of H-pyrrole nitrogens is 1. The Hall–Kier alpha value is -3.33. The molecule has 3 aromatic rings. The average molecular weight is 429 g/mol. The average Bonchev–Trinajstić information content (AvgIpc) is 3.14. The predicted octanol–water partition coefficient (Wildman–Crippen LogP) is 3.33. The number of rotatable bonds is 7. The summed E-state index contributed by atoms with van der Waals surface area (Å²) in [5.41, 5.74) is 4.42. The van der Waals surface area contributed by atoms with E-state index in [4.69, 9.17) is 9.47 Å². The zero-order valence-corrected chi connectivity index (χ0v) is 18.3. The number of hydrogen-bond donors (Lipinski definition) is 2. The lowest BCUT2D eigenvalue weighted by Crippen LogP contribution is -2.20. The maximum Gasteiger partial charge on any atom is 0.277 e. The molecule has 0 radical (unpaired) electrons. The van der Waals surface area contributed by atoms with E-state index in [-0.39, 0.29) is 4.90 Å². The minimum atomic E-state index is -3.80. The van der Waals surface area contributed by atoms with Crippen molar-refractivity contribution in [3.05, 3.63) is 58.8 Å². The van der Waals surface area contributed by atoms with Crippen molar-refractivity contribution in [2.45, 2.75) is 25.7 Å². The smallest absolute Gasteiger partial charge is 0.277 e. The van der Waals surface area contributed by atoms with Crippen LogP contribution in [0.4, 0.5) is 0 Å². The van der Waals surface area contributed by atoms with Crippen LogP contribution in [0.15, 0.2) is 46.5 Å². The van der Waals surface area contributed by atoms with Gasteiger partial charge < -0.3 is 9.47 Å². The van der Waals surface area contributed by atoms with Crippen molar-refractivity contribution in [3.63, 3.8) is 0 Å². The first-order chi connectivity index (χ1) is 14.3. The zero-order chi connectivity index (χ0) is 21.9. The van der Waals surface area contributed by atoms with Gasteiger partial charge in [-0.1, -0.05) is 17.7 Å². The van der Waals surface area contributed by atoms with Gasteiger partial charge in [0, 0.05) is 11.1 Å². The highest BCUT2D eigenvalue weighted by molar-refractivity contribution is 7.89. The molecule has 0 aliphatic rings. The first kappa shape index (κ1) is 21.4. The number of ether oxygens (including phenoxy) is 2. The van der Waals surface area contributed by atoms with E-state index in [1.807, 2.05) is 25.1 Å². The topological polar surface area (TPSA) is 106 Å². The number of aromatic amines is 1. The van der Waals surface area contributed by atoms with Crippen molar-refractivity contribution in [3.8, 4) is 22.8 Å². The van der Waals surface area contributed by atoms with Crippen molar-refractivity contribution in [1.82, 2.24) is 15.0 Å². The van der Waals surface area contributed by atoms with Crippen LogP contribution >= 0.6 is 0 Å². The Labute approximate surface area is 176 Å². The molecule has 0 saturated heterocycles. The van der Waals surface area contributed by atoms with E-state index in [9.17, 15) is 8.42 Å². The van der Waals surface area contributed by atoms with E-state index in [1.54, 1.807) is 46.4 Å². The van der Waals surface area contributed by atoms with Gasteiger partial charge in [-0.05, 0) is 50.1 Å². The number of aromatic nitrogens is 2. The molecule has 0 atom stereocenters. The van der Waals surface area contributed by atoms with Gasteiger partial charge in [0.05, 0.1) is 37.2 Å². The van der Waals surface area contributed by atoms with Gasteiger partial charge in [0.2, 0.25) is 0 Å². The second-order valence-electron chi connectivity index (χ2n) is 6.85. The van der Waals surface area contributed by atoms with Crippen LogP contribution in [0.25, 0.3) is 11.3 Å². The number of hydrazone groups is 1. The highest BCUT2D eigenvalue weighted by atomic mass is 32.2. The fraction of sp³-hybridized carbons (Fsp3) is 0.238. The third-order valence-electron chi connectivity index (χ3n) is 4.59. The van der Waals surface area contributed by atoms with Crippen molar-refractivity contribution in [2.24, 2.45) is 5.10 Å². The predicted molar refractivity (Wildman–Crippen MR) is 116 cm³/mol. The van der Waals surface area contributed by atoms with Gasteiger partial charge in [0.15, 0.2) is 11.5 Å². The minimum absolute atomic E-state index is 0.234. The Bertz CT molecular complexity index is 1180. The van der Waals surface area contributed by atoms with Crippen LogP contribution in [-0.2, 0) is 10.0 Å². The third-order valence-corrected chi connectivity index (χ3v) is 6.12. The van der Waals surface area contributed by atoms with E-state index in [2.05, 4.69) is 20.1 Å². The largest absolute Gasteiger partial charge is 0.493 e. The monoisotopic (exact) mass is 428 g/mol. The molecule has 0 saturated carbocycles. The number of aryl methyl sites for hydroxylation is 3. The molecule has 0 unspecified atom stereocenters. The number of nitrogens with zero attached hydrogens (tertiary/aromatic N) is 2. The Morgan fingerprint density at radius 3 is 2.33 bits per heavy atom. The zero-order valence-electron chi connectivity index (χ0n) is 17.5. The molecule has 3 rings (SSSR count). The summed E-state index contributed by atoms with van der Waals surface area (Å²) >= 11 is 0. The van der Waals surface area contributed by atoms with Crippen molar-refractivity contribution in [1.29, 1.82) is 0 Å². The molecule has 0 amide bonds. The van der Waals surface area contributed by atoms with Gasteiger partial charge in [-0.3, -0.25) is 5.10 Å². The Balaban J connectivity index is 1.87. The summed E-state index contributed by atoms with van der Waals surface area (Å²) in [6.45, 7) is 5.46. The molecule has 0 bridgehead atoms. The third kappa shape index (κ3) is 4.30. The maximum absolute atomic E-state index is 12.7. The van der Waals surface area contributed by atoms with Crippen LogP contribution in [0.5, 0.6) is 11.5 Å². The summed E-state index contributed by atoms with van der Waals surface area (Å²) in [5.74, 6) is 1.17. The fourth-order valence-electron chi connectivity index (χ4n) is 3.42. The SMILES string of the molecule is COc1ccc(-c2[nH]ncc2/C=N/NS(=O)(=O)c2c(C)cc(C)cc2C)cc1OC. The standard InChI is InChI=1S/C21H24N4O4S/c1-13-8-14(2)21(15(3)9-13)30(26,27)25-23-12-17-11-22-24-20(17)16-6-7-18(28-4)19(10-16)29-5/h6-12,25H,1-5H3,(H,22,24)/b23-12+. The Morgan fingerprint density at radius 1 is 1.03 bits per heavy atom. The van der Waals surface area contributed by atoms with Crippen molar-refractivity contribution < 1.29 is 17.9 Å². The molecule has 30 heavy (non-hydrogen) atoms. The maximum atomic E-state index is 12.7. The summed E-state index contributed by atoms with van der Waals surface area (Å²) in [7, 11) is -0.683. The molecule has 0 aliphatic heterocycles. The lowest BCUT2D eigenvalue weighted by Gasteiger charge is -2.11. The van der Waals surface area contributed by atoms with Gasteiger partial charge >= 0.3 is 0 Å². The van der Waals surface area contributed by atoms with Crippen LogP contribution in [0.1, 0.15) is 22.3 Å². The molecule has 158 valence electrons. The van der Waals surface area contributed by atoms with E-state index in [0.29, 0.717) is 33.9 Å². The van der Waals surface area contributed by atoms with Gasteiger partial charge in [0.25, 0.3) is 10.0 Å². The van der Waals surface area contributed by atoms with Crippen molar-refractivity contribution >= 4 is 16.2 Å². The van der Waals surface area contributed by atoms with Crippen LogP contribution in [0.3, 0.4) is 0 Å². The van der Waals surface area contributed by atoms with Crippen molar-refractivity contribution in [2.75, 3.05) is 14.2 Å². The highest BCUT2D eigenvalue weighted by Gasteiger charge is 2.19. The molecular formula is C21H24N4O4S. The number of methoxy groups -OCH3 is 2. The molecule has 2 N–H and O–H groups in total. The van der Waals surface area contributed by atoms with Crippen LogP contribution in [0, 0.1) is 20.8 Å². The molecule has 1 aromatic heterocycles. The van der Waals surface area contributed by atoms with Gasteiger partial charge in [-0.25, -0.2) is 4.83 Å². The number of sulfonamides is 1. The van der Waals surface area contributed by atoms with E-state index in [0.717, 1.165) is 11.1 Å². The number of benzene rings is 2. The van der Waals surface area contributed by atoms with E-state index in [1.165, 1.54) is 6.21 Å². The van der Waals surface area contributed by atoms with Crippen LogP contribution in [-0.4, -0.2) is 39.0 Å². The normalized spacial score (nSPS) is 11.6. The van der Waals surface area contributed by atoms with E-state index < -0.39 is 10.0 Å². The minimum Gasteiger partial charge on any atom is -0.493 e.